The van der Waals surface area contributed by atoms with Crippen molar-refractivity contribution in [2.24, 2.45) is 0 Å². The maximum Gasteiger partial charge on any atom is 0.227 e. The van der Waals surface area contributed by atoms with E-state index in [-0.39, 0.29) is 18.0 Å². The Bertz CT molecular complexity index is 1190. The average molecular weight is 447 g/mol. The van der Waals surface area contributed by atoms with Crippen LogP contribution in [0, 0.1) is 12.7 Å². The summed E-state index contributed by atoms with van der Waals surface area (Å²) in [6.07, 6.45) is 6.41. The molecule has 0 radical (unpaired) electrons. The zero-order valence-corrected chi connectivity index (χ0v) is 18.6. The summed E-state index contributed by atoms with van der Waals surface area (Å²) in [6.45, 7) is 7.16. The van der Waals surface area contributed by atoms with Crippen molar-refractivity contribution in [3.63, 3.8) is 0 Å². The van der Waals surface area contributed by atoms with E-state index in [1.807, 2.05) is 13.0 Å². The number of aromatic nitrogens is 2. The van der Waals surface area contributed by atoms with Gasteiger partial charge in [-0.1, -0.05) is 6.58 Å². The molecule has 0 amide bonds. The van der Waals surface area contributed by atoms with E-state index in [0.29, 0.717) is 22.8 Å². The molecule has 2 N–H and O–H groups in total. The molecule has 1 aliphatic rings. The Morgan fingerprint density at radius 3 is 2.76 bits per heavy atom. The highest BCUT2D eigenvalue weighted by Crippen LogP contribution is 2.33. The SMILES string of the molecule is C=CC(=O)Cc1cc(F)cc(-c2nc(Nc3ccc(O)c(N4CCCCC4)c3)ncc2C)c1. The topological polar surface area (TPSA) is 78.3 Å². The number of allylic oxidation sites excluding steroid dienone is 1. The Morgan fingerprint density at radius 2 is 2.00 bits per heavy atom. The van der Waals surface area contributed by atoms with E-state index in [0.717, 1.165) is 42.9 Å². The molecule has 33 heavy (non-hydrogen) atoms. The number of aromatic hydroxyl groups is 1. The number of phenols is 1. The first kappa shape index (κ1) is 22.5. The minimum atomic E-state index is -0.434. The molecule has 7 heteroatoms. The fourth-order valence-corrected chi connectivity index (χ4v) is 4.08. The number of hydrogen-bond donors (Lipinski definition) is 2. The second-order valence-corrected chi connectivity index (χ2v) is 8.30. The molecular formula is C26H27FN4O2. The van der Waals surface area contributed by atoms with Crippen LogP contribution in [0.5, 0.6) is 5.75 Å². The molecule has 3 aromatic rings. The zero-order chi connectivity index (χ0) is 23.4. The van der Waals surface area contributed by atoms with Crippen LogP contribution in [0.2, 0.25) is 0 Å². The van der Waals surface area contributed by atoms with Crippen molar-refractivity contribution in [3.8, 4) is 17.0 Å². The van der Waals surface area contributed by atoms with E-state index >= 15 is 0 Å². The van der Waals surface area contributed by atoms with Crippen molar-refractivity contribution in [1.82, 2.24) is 9.97 Å². The maximum atomic E-state index is 14.3. The van der Waals surface area contributed by atoms with E-state index in [9.17, 15) is 14.3 Å². The second-order valence-electron chi connectivity index (χ2n) is 8.30. The smallest absolute Gasteiger partial charge is 0.227 e. The van der Waals surface area contributed by atoms with Crippen molar-refractivity contribution in [1.29, 1.82) is 0 Å². The maximum absolute atomic E-state index is 14.3. The van der Waals surface area contributed by atoms with E-state index in [2.05, 4.69) is 26.8 Å². The van der Waals surface area contributed by atoms with Gasteiger partial charge in [-0.2, -0.15) is 0 Å². The number of hydrogen-bond acceptors (Lipinski definition) is 6. The van der Waals surface area contributed by atoms with Crippen molar-refractivity contribution in [2.45, 2.75) is 32.6 Å². The lowest BCUT2D eigenvalue weighted by atomic mass is 10.0. The number of nitrogens with one attached hydrogen (secondary N) is 1. The van der Waals surface area contributed by atoms with Crippen molar-refractivity contribution in [2.75, 3.05) is 23.3 Å². The number of benzene rings is 2. The Morgan fingerprint density at radius 1 is 1.21 bits per heavy atom. The molecule has 0 bridgehead atoms. The lowest BCUT2D eigenvalue weighted by Gasteiger charge is -2.29. The van der Waals surface area contributed by atoms with Crippen LogP contribution in [-0.2, 0) is 11.2 Å². The number of nitrogens with zero attached hydrogens (tertiary/aromatic N) is 3. The highest BCUT2D eigenvalue weighted by atomic mass is 19.1. The number of phenolic OH excluding ortho intramolecular Hbond substituents is 1. The number of carbonyl (C=O) groups is 1. The van der Waals surface area contributed by atoms with Gasteiger partial charge in [-0.05, 0) is 79.8 Å². The fourth-order valence-electron chi connectivity index (χ4n) is 4.08. The number of carbonyl (C=O) groups excluding carboxylic acids is 1. The normalized spacial score (nSPS) is 13.6. The monoisotopic (exact) mass is 446 g/mol. The molecule has 1 aliphatic heterocycles. The van der Waals surface area contributed by atoms with Crippen molar-refractivity contribution >= 4 is 23.1 Å². The van der Waals surface area contributed by atoms with Gasteiger partial charge < -0.3 is 15.3 Å². The van der Waals surface area contributed by atoms with E-state index in [1.54, 1.807) is 24.4 Å². The molecule has 0 aliphatic carbocycles. The van der Waals surface area contributed by atoms with Crippen LogP contribution < -0.4 is 10.2 Å². The standard InChI is InChI=1S/C26H27FN4O2/c1-3-22(32)13-18-11-19(14-20(27)12-18)25-17(2)16-28-26(30-25)29-21-7-8-24(33)23(15-21)31-9-5-4-6-10-31/h3,7-8,11-12,14-16,33H,1,4-6,9-10,13H2,2H3,(H,28,29,30). The number of ketones is 1. The van der Waals surface area contributed by atoms with Gasteiger partial charge in [0, 0.05) is 37.0 Å². The molecule has 1 fully saturated rings. The summed E-state index contributed by atoms with van der Waals surface area (Å²) in [4.78, 5) is 22.9. The number of piperidine rings is 1. The van der Waals surface area contributed by atoms with Crippen LogP contribution in [0.15, 0.2) is 55.3 Å². The van der Waals surface area contributed by atoms with Gasteiger partial charge in [-0.25, -0.2) is 14.4 Å². The van der Waals surface area contributed by atoms with Crippen LogP contribution in [0.4, 0.5) is 21.7 Å². The third-order valence-corrected chi connectivity index (χ3v) is 5.74. The van der Waals surface area contributed by atoms with Crippen LogP contribution >= 0.6 is 0 Å². The average Bonchev–Trinajstić information content (AvgIpc) is 2.81. The Labute approximate surface area is 192 Å². The summed E-state index contributed by atoms with van der Waals surface area (Å²) in [6, 6.07) is 9.84. The summed E-state index contributed by atoms with van der Waals surface area (Å²) in [5.74, 6) is -0.00469. The molecule has 2 heterocycles. The third kappa shape index (κ3) is 5.37. The summed E-state index contributed by atoms with van der Waals surface area (Å²) in [5, 5.41) is 13.5. The lowest BCUT2D eigenvalue weighted by Crippen LogP contribution is -2.29. The molecule has 170 valence electrons. The molecule has 6 nitrogen and oxygen atoms in total. The molecular weight excluding hydrogens is 419 g/mol. The van der Waals surface area contributed by atoms with Gasteiger partial charge in [0.05, 0.1) is 11.4 Å². The van der Waals surface area contributed by atoms with E-state index < -0.39 is 5.82 Å². The van der Waals surface area contributed by atoms with Gasteiger partial charge in [0.2, 0.25) is 5.95 Å². The number of anilines is 3. The first-order chi connectivity index (χ1) is 15.9. The van der Waals surface area contributed by atoms with Crippen LogP contribution in [-0.4, -0.2) is 33.9 Å². The fraction of sp³-hybridized carbons (Fsp3) is 0.269. The van der Waals surface area contributed by atoms with Gasteiger partial charge in [-0.3, -0.25) is 4.79 Å². The quantitative estimate of drug-likeness (QED) is 0.377. The van der Waals surface area contributed by atoms with Gasteiger partial charge in [0.1, 0.15) is 11.6 Å². The predicted octanol–water partition coefficient (Wildman–Crippen LogP) is 5.33. The molecule has 4 rings (SSSR count). The summed E-state index contributed by atoms with van der Waals surface area (Å²) >= 11 is 0. The number of halogens is 1. The highest BCUT2D eigenvalue weighted by Gasteiger charge is 2.16. The molecule has 2 aromatic carbocycles. The highest BCUT2D eigenvalue weighted by molar-refractivity contribution is 5.91. The summed E-state index contributed by atoms with van der Waals surface area (Å²) in [7, 11) is 0. The number of aryl methyl sites for hydroxylation is 1. The summed E-state index contributed by atoms with van der Waals surface area (Å²) in [5.41, 5.74) is 4.03. The molecule has 1 aromatic heterocycles. The zero-order valence-electron chi connectivity index (χ0n) is 18.6. The van der Waals surface area contributed by atoms with Gasteiger partial charge in [0.25, 0.3) is 0 Å². The lowest BCUT2D eigenvalue weighted by molar-refractivity contribution is -0.114. The van der Waals surface area contributed by atoms with Crippen molar-refractivity contribution in [3.05, 3.63) is 72.2 Å². The van der Waals surface area contributed by atoms with Gasteiger partial charge in [0.15, 0.2) is 5.78 Å². The first-order valence-corrected chi connectivity index (χ1v) is 11.1. The largest absolute Gasteiger partial charge is 0.506 e. The molecule has 0 saturated carbocycles. The summed E-state index contributed by atoms with van der Waals surface area (Å²) < 4.78 is 14.3. The van der Waals surface area contributed by atoms with Crippen LogP contribution in [0.25, 0.3) is 11.3 Å². The molecule has 0 atom stereocenters. The number of rotatable bonds is 7. The van der Waals surface area contributed by atoms with Crippen LogP contribution in [0.3, 0.4) is 0 Å². The van der Waals surface area contributed by atoms with E-state index in [4.69, 9.17) is 0 Å². The van der Waals surface area contributed by atoms with Crippen molar-refractivity contribution < 1.29 is 14.3 Å². The minimum Gasteiger partial charge on any atom is -0.506 e. The minimum absolute atomic E-state index is 0.0796. The van der Waals surface area contributed by atoms with Gasteiger partial charge in [-0.15, -0.1) is 0 Å². The first-order valence-electron chi connectivity index (χ1n) is 11.1. The molecule has 0 unspecified atom stereocenters. The molecule has 0 spiro atoms. The predicted molar refractivity (Wildman–Crippen MR) is 129 cm³/mol. The Balaban J connectivity index is 1.62. The third-order valence-electron chi connectivity index (χ3n) is 5.74. The van der Waals surface area contributed by atoms with E-state index in [1.165, 1.54) is 24.6 Å². The Hall–Kier alpha value is -3.74. The van der Waals surface area contributed by atoms with Crippen LogP contribution in [0.1, 0.15) is 30.4 Å². The Kier molecular flexibility index (Phi) is 6.68. The second kappa shape index (κ2) is 9.81. The van der Waals surface area contributed by atoms with Gasteiger partial charge >= 0.3 is 0 Å². The molecule has 1 saturated heterocycles.